The highest BCUT2D eigenvalue weighted by molar-refractivity contribution is 5.58. The number of methoxy groups -OCH3 is 1. The molecular formula is C21H27N3O. The topological polar surface area (TPSA) is 28.6 Å². The standard InChI is InChI=1S/C21H27N3O/c1-25-21-7-6-17(16-22-21)8-12-23-13-10-19(11-14-23)24-15-9-18-4-2-3-5-20(18)24/h2-7,16,19H,8-15H2,1H3. The summed E-state index contributed by atoms with van der Waals surface area (Å²) in [6, 6.07) is 13.7. The van der Waals surface area contributed by atoms with Crippen LogP contribution >= 0.6 is 0 Å². The van der Waals surface area contributed by atoms with Gasteiger partial charge in [-0.2, -0.15) is 0 Å². The van der Waals surface area contributed by atoms with Crippen molar-refractivity contribution in [3.63, 3.8) is 0 Å². The van der Waals surface area contributed by atoms with Gasteiger partial charge in [0.05, 0.1) is 7.11 Å². The molecule has 0 saturated carbocycles. The summed E-state index contributed by atoms with van der Waals surface area (Å²) in [7, 11) is 1.66. The Hall–Kier alpha value is -2.07. The van der Waals surface area contributed by atoms with Crippen LogP contribution in [0.25, 0.3) is 0 Å². The van der Waals surface area contributed by atoms with E-state index in [4.69, 9.17) is 4.74 Å². The number of hydrogen-bond acceptors (Lipinski definition) is 4. The van der Waals surface area contributed by atoms with Gasteiger partial charge in [0.25, 0.3) is 0 Å². The Labute approximate surface area is 150 Å². The van der Waals surface area contributed by atoms with Gasteiger partial charge in [-0.25, -0.2) is 4.98 Å². The Morgan fingerprint density at radius 1 is 1.08 bits per heavy atom. The largest absolute Gasteiger partial charge is 0.481 e. The number of likely N-dealkylation sites (tertiary alicyclic amines) is 1. The maximum atomic E-state index is 5.12. The second kappa shape index (κ2) is 7.44. The first-order valence-corrected chi connectivity index (χ1v) is 9.39. The molecule has 2 aromatic rings. The number of nitrogens with zero attached hydrogens (tertiary/aromatic N) is 3. The molecule has 4 rings (SSSR count). The molecule has 0 N–H and O–H groups in total. The van der Waals surface area contributed by atoms with Crippen molar-refractivity contribution in [1.82, 2.24) is 9.88 Å². The molecule has 2 aliphatic rings. The third kappa shape index (κ3) is 3.64. The first-order chi connectivity index (χ1) is 12.3. The molecule has 1 fully saturated rings. The molecule has 1 saturated heterocycles. The molecule has 2 aliphatic heterocycles. The molecule has 1 aromatic heterocycles. The van der Waals surface area contributed by atoms with Gasteiger partial charge in [-0.15, -0.1) is 0 Å². The van der Waals surface area contributed by atoms with Crippen molar-refractivity contribution in [2.75, 3.05) is 38.2 Å². The SMILES string of the molecule is COc1ccc(CCN2CCC(N3CCc4ccccc43)CC2)cn1. The van der Waals surface area contributed by atoms with Crippen molar-refractivity contribution in [3.05, 3.63) is 53.7 Å². The lowest BCUT2D eigenvalue weighted by atomic mass is 10.0. The van der Waals surface area contributed by atoms with Crippen LogP contribution in [-0.2, 0) is 12.8 Å². The van der Waals surface area contributed by atoms with Crippen LogP contribution in [0.2, 0.25) is 0 Å². The van der Waals surface area contributed by atoms with Gasteiger partial charge in [0.1, 0.15) is 0 Å². The Morgan fingerprint density at radius 3 is 2.68 bits per heavy atom. The summed E-state index contributed by atoms with van der Waals surface area (Å²) in [6.07, 6.45) is 6.76. The van der Waals surface area contributed by atoms with Crippen LogP contribution in [0.15, 0.2) is 42.6 Å². The predicted octanol–water partition coefficient (Wildman–Crippen LogP) is 3.16. The Kier molecular flexibility index (Phi) is 4.88. The predicted molar refractivity (Wildman–Crippen MR) is 101 cm³/mol. The van der Waals surface area contributed by atoms with E-state index in [-0.39, 0.29) is 0 Å². The average Bonchev–Trinajstić information content (AvgIpc) is 3.11. The average molecular weight is 337 g/mol. The van der Waals surface area contributed by atoms with E-state index in [0.717, 1.165) is 13.0 Å². The Balaban J connectivity index is 1.27. The number of hydrogen-bond donors (Lipinski definition) is 0. The van der Waals surface area contributed by atoms with Crippen LogP contribution in [0, 0.1) is 0 Å². The summed E-state index contributed by atoms with van der Waals surface area (Å²) in [4.78, 5) is 9.55. The molecule has 132 valence electrons. The summed E-state index contributed by atoms with van der Waals surface area (Å²) < 4.78 is 5.12. The summed E-state index contributed by atoms with van der Waals surface area (Å²) in [5, 5.41) is 0. The molecule has 0 bridgehead atoms. The normalized spacial score (nSPS) is 18.4. The van der Waals surface area contributed by atoms with E-state index < -0.39 is 0 Å². The number of aromatic nitrogens is 1. The first-order valence-electron chi connectivity index (χ1n) is 9.39. The molecule has 0 spiro atoms. The highest BCUT2D eigenvalue weighted by atomic mass is 16.5. The smallest absolute Gasteiger partial charge is 0.212 e. The molecule has 1 aromatic carbocycles. The second-order valence-corrected chi connectivity index (χ2v) is 7.10. The van der Waals surface area contributed by atoms with Gasteiger partial charge in [-0.1, -0.05) is 24.3 Å². The molecule has 0 amide bonds. The van der Waals surface area contributed by atoms with E-state index in [2.05, 4.69) is 45.1 Å². The number of para-hydroxylation sites is 1. The van der Waals surface area contributed by atoms with E-state index >= 15 is 0 Å². The number of fused-ring (bicyclic) bond motifs is 1. The zero-order valence-corrected chi connectivity index (χ0v) is 15.0. The fourth-order valence-corrected chi connectivity index (χ4v) is 4.16. The van der Waals surface area contributed by atoms with Crippen LogP contribution in [-0.4, -0.2) is 49.2 Å². The molecule has 4 nitrogen and oxygen atoms in total. The maximum absolute atomic E-state index is 5.12. The molecule has 25 heavy (non-hydrogen) atoms. The van der Waals surface area contributed by atoms with Crippen molar-refractivity contribution in [2.45, 2.75) is 31.7 Å². The minimum atomic E-state index is 0.690. The third-order valence-electron chi connectivity index (χ3n) is 5.64. The number of anilines is 1. The summed E-state index contributed by atoms with van der Waals surface area (Å²) >= 11 is 0. The maximum Gasteiger partial charge on any atom is 0.212 e. The molecule has 0 atom stereocenters. The highest BCUT2D eigenvalue weighted by Gasteiger charge is 2.28. The van der Waals surface area contributed by atoms with Gasteiger partial charge >= 0.3 is 0 Å². The van der Waals surface area contributed by atoms with Gasteiger partial charge in [-0.3, -0.25) is 0 Å². The minimum Gasteiger partial charge on any atom is -0.481 e. The molecule has 0 aliphatic carbocycles. The van der Waals surface area contributed by atoms with Crippen molar-refractivity contribution in [3.8, 4) is 5.88 Å². The van der Waals surface area contributed by atoms with Gasteiger partial charge in [0.2, 0.25) is 5.88 Å². The monoisotopic (exact) mass is 337 g/mol. The van der Waals surface area contributed by atoms with Gasteiger partial charge < -0.3 is 14.5 Å². The van der Waals surface area contributed by atoms with E-state index in [0.29, 0.717) is 11.9 Å². The zero-order chi connectivity index (χ0) is 17.1. The van der Waals surface area contributed by atoms with E-state index in [9.17, 15) is 0 Å². The zero-order valence-electron chi connectivity index (χ0n) is 15.0. The number of ether oxygens (including phenoxy) is 1. The van der Waals surface area contributed by atoms with Crippen LogP contribution in [0.5, 0.6) is 5.88 Å². The second-order valence-electron chi connectivity index (χ2n) is 7.10. The first kappa shape index (κ1) is 16.4. The number of rotatable bonds is 5. The van der Waals surface area contributed by atoms with E-state index in [1.807, 2.05) is 12.3 Å². The Bertz CT molecular complexity index is 693. The number of pyridine rings is 1. The Morgan fingerprint density at radius 2 is 1.92 bits per heavy atom. The van der Waals surface area contributed by atoms with Gasteiger partial charge in [-0.05, 0) is 42.9 Å². The summed E-state index contributed by atoms with van der Waals surface area (Å²) in [5.41, 5.74) is 4.29. The molecule has 4 heteroatoms. The van der Waals surface area contributed by atoms with Crippen LogP contribution < -0.4 is 9.64 Å². The van der Waals surface area contributed by atoms with Crippen LogP contribution in [0.1, 0.15) is 24.0 Å². The summed E-state index contributed by atoms with van der Waals surface area (Å²) in [5.74, 6) is 0.690. The van der Waals surface area contributed by atoms with E-state index in [1.54, 1.807) is 7.11 Å². The van der Waals surface area contributed by atoms with Gasteiger partial charge in [0, 0.05) is 50.2 Å². The van der Waals surface area contributed by atoms with Crippen molar-refractivity contribution >= 4 is 5.69 Å². The fourth-order valence-electron chi connectivity index (χ4n) is 4.16. The molecule has 0 unspecified atom stereocenters. The lowest BCUT2D eigenvalue weighted by molar-refractivity contribution is 0.212. The summed E-state index contributed by atoms with van der Waals surface area (Å²) in [6.45, 7) is 4.72. The fraction of sp³-hybridized carbons (Fsp3) is 0.476. The van der Waals surface area contributed by atoms with Crippen molar-refractivity contribution < 1.29 is 4.74 Å². The lowest BCUT2D eigenvalue weighted by Crippen LogP contribution is -2.44. The van der Waals surface area contributed by atoms with Crippen LogP contribution in [0.3, 0.4) is 0 Å². The van der Waals surface area contributed by atoms with Crippen molar-refractivity contribution in [1.29, 1.82) is 0 Å². The molecule has 0 radical (unpaired) electrons. The lowest BCUT2D eigenvalue weighted by Gasteiger charge is -2.38. The highest BCUT2D eigenvalue weighted by Crippen LogP contribution is 2.32. The van der Waals surface area contributed by atoms with Crippen LogP contribution in [0.4, 0.5) is 5.69 Å². The quantitative estimate of drug-likeness (QED) is 0.838. The van der Waals surface area contributed by atoms with Crippen molar-refractivity contribution in [2.24, 2.45) is 0 Å². The minimum absolute atomic E-state index is 0.690. The van der Waals surface area contributed by atoms with Gasteiger partial charge in [0.15, 0.2) is 0 Å². The molecule has 3 heterocycles. The van der Waals surface area contributed by atoms with E-state index in [1.165, 1.54) is 55.7 Å². The number of piperidine rings is 1. The molecular weight excluding hydrogens is 310 g/mol. The third-order valence-corrected chi connectivity index (χ3v) is 5.64. The number of benzene rings is 1.